The number of likely N-dealkylation sites (tertiary alicyclic amines) is 1. The molecule has 3 heterocycles. The van der Waals surface area contributed by atoms with Crippen LogP contribution >= 0.6 is 0 Å². The summed E-state index contributed by atoms with van der Waals surface area (Å²) in [6.07, 6.45) is -2.13. The van der Waals surface area contributed by atoms with Crippen molar-refractivity contribution in [3.05, 3.63) is 76.9 Å². The number of anilines is 2. The summed E-state index contributed by atoms with van der Waals surface area (Å²) in [6.45, 7) is 0.915. The summed E-state index contributed by atoms with van der Waals surface area (Å²) >= 11 is 0. The van der Waals surface area contributed by atoms with Crippen molar-refractivity contribution in [1.82, 2.24) is 19.9 Å². The van der Waals surface area contributed by atoms with Gasteiger partial charge in [-0.25, -0.2) is 19.7 Å². The van der Waals surface area contributed by atoms with Crippen LogP contribution in [0.15, 0.2) is 48.8 Å². The second kappa shape index (κ2) is 11.8. The van der Waals surface area contributed by atoms with Gasteiger partial charge < -0.3 is 20.1 Å². The minimum Gasteiger partial charge on any atom is -0.469 e. The minimum atomic E-state index is -4.74. The molecule has 12 heteroatoms. The highest BCUT2D eigenvalue weighted by atomic mass is 19.4. The summed E-state index contributed by atoms with van der Waals surface area (Å²) in [4.78, 5) is 36.2. The number of carboxylic acid groups (broad SMARTS) is 1. The summed E-state index contributed by atoms with van der Waals surface area (Å²) in [5.41, 5.74) is 0.369. The number of hydrogen-bond donors (Lipinski definition) is 2. The van der Waals surface area contributed by atoms with Crippen LogP contribution in [0.2, 0.25) is 0 Å². The summed E-state index contributed by atoms with van der Waals surface area (Å²) in [6, 6.07) is 10.3. The van der Waals surface area contributed by atoms with E-state index in [4.69, 9.17) is 0 Å². The standard InChI is InChI=1S/C27H24F3N5O4/c1-39-24(36)14-18-4-2-12-31-22(18)10-11-23-21(27(28,29)30)15-32-25(34-23)33-20-8-6-17(7-9-20)19-5-3-13-35(16-19)26(37)38/h2,4,6-9,12,15,19H,3,5,13-14,16H2,1H3,(H,37,38)(H,32,33,34). The molecule has 1 atom stereocenters. The lowest BCUT2D eigenvalue weighted by atomic mass is 9.91. The molecule has 2 N–H and O–H groups in total. The van der Waals surface area contributed by atoms with Crippen LogP contribution in [0.1, 0.15) is 46.8 Å². The number of methoxy groups -OCH3 is 1. The Bertz CT molecular complexity index is 1420. The number of ether oxygens (including phenoxy) is 1. The van der Waals surface area contributed by atoms with E-state index < -0.39 is 29.5 Å². The number of aromatic nitrogens is 3. The van der Waals surface area contributed by atoms with Crippen molar-refractivity contribution in [2.24, 2.45) is 0 Å². The predicted molar refractivity (Wildman–Crippen MR) is 134 cm³/mol. The molecular weight excluding hydrogens is 515 g/mol. The number of benzene rings is 1. The van der Waals surface area contributed by atoms with Gasteiger partial charge in [0.2, 0.25) is 5.95 Å². The number of piperidine rings is 1. The molecule has 1 amide bonds. The Hall–Kier alpha value is -4.66. The third-order valence-corrected chi connectivity index (χ3v) is 6.18. The van der Waals surface area contributed by atoms with Crippen molar-refractivity contribution in [1.29, 1.82) is 0 Å². The van der Waals surface area contributed by atoms with Gasteiger partial charge in [0.05, 0.1) is 13.5 Å². The molecule has 1 unspecified atom stereocenters. The normalized spacial score (nSPS) is 15.2. The molecule has 4 rings (SSSR count). The van der Waals surface area contributed by atoms with Gasteiger partial charge in [-0.3, -0.25) is 4.79 Å². The van der Waals surface area contributed by atoms with Crippen LogP contribution in [0.3, 0.4) is 0 Å². The highest BCUT2D eigenvalue weighted by Gasteiger charge is 2.35. The molecule has 1 aliphatic heterocycles. The van der Waals surface area contributed by atoms with Crippen LogP contribution in [0.4, 0.5) is 29.6 Å². The van der Waals surface area contributed by atoms with Crippen LogP contribution in [0.5, 0.6) is 0 Å². The average Bonchev–Trinajstić information content (AvgIpc) is 2.92. The third-order valence-electron chi connectivity index (χ3n) is 6.18. The first-order valence-electron chi connectivity index (χ1n) is 12.0. The first-order chi connectivity index (χ1) is 18.6. The number of rotatable bonds is 5. The number of nitrogens with one attached hydrogen (secondary N) is 1. The van der Waals surface area contributed by atoms with E-state index in [9.17, 15) is 27.9 Å². The Labute approximate surface area is 222 Å². The van der Waals surface area contributed by atoms with E-state index in [1.54, 1.807) is 24.3 Å². The molecule has 0 spiro atoms. The maximum Gasteiger partial charge on any atom is 0.420 e. The number of carbonyl (C=O) groups excluding carboxylic acids is 1. The van der Waals surface area contributed by atoms with Crippen molar-refractivity contribution in [3.8, 4) is 11.8 Å². The second-order valence-corrected chi connectivity index (χ2v) is 8.78. The van der Waals surface area contributed by atoms with Crippen LogP contribution in [0, 0.1) is 11.8 Å². The average molecular weight is 540 g/mol. The topological polar surface area (TPSA) is 118 Å². The maximum absolute atomic E-state index is 13.6. The molecular formula is C27H24F3N5O4. The van der Waals surface area contributed by atoms with Gasteiger partial charge in [-0.2, -0.15) is 13.2 Å². The van der Waals surface area contributed by atoms with E-state index in [1.165, 1.54) is 18.2 Å². The molecule has 39 heavy (non-hydrogen) atoms. The molecule has 1 fully saturated rings. The SMILES string of the molecule is COC(=O)Cc1cccnc1C#Cc1nc(Nc2ccc(C3CCCN(C(=O)O)C3)cc2)ncc1C(F)(F)F. The summed E-state index contributed by atoms with van der Waals surface area (Å²) < 4.78 is 45.6. The zero-order valence-electron chi connectivity index (χ0n) is 20.8. The van der Waals surface area contributed by atoms with E-state index in [1.807, 2.05) is 12.1 Å². The molecule has 1 aliphatic rings. The van der Waals surface area contributed by atoms with Gasteiger partial charge in [0.1, 0.15) is 17.0 Å². The quantitative estimate of drug-likeness (QED) is 0.357. The molecule has 9 nitrogen and oxygen atoms in total. The Morgan fingerprint density at radius 3 is 2.59 bits per heavy atom. The number of carbonyl (C=O) groups is 2. The molecule has 0 saturated carbocycles. The molecule has 202 valence electrons. The third kappa shape index (κ3) is 7.01. The van der Waals surface area contributed by atoms with E-state index in [-0.39, 0.29) is 24.0 Å². The van der Waals surface area contributed by atoms with Crippen LogP contribution in [-0.2, 0) is 22.1 Å². The Morgan fingerprint density at radius 1 is 1.15 bits per heavy atom. The maximum atomic E-state index is 13.6. The number of esters is 1. The number of amides is 1. The Morgan fingerprint density at radius 2 is 1.90 bits per heavy atom. The minimum absolute atomic E-state index is 0.0590. The number of alkyl halides is 3. The lowest BCUT2D eigenvalue weighted by Gasteiger charge is -2.31. The summed E-state index contributed by atoms with van der Waals surface area (Å²) in [5.74, 6) is 4.45. The Kier molecular flexibility index (Phi) is 8.29. The number of halogens is 3. The van der Waals surface area contributed by atoms with Gasteiger partial charge in [0, 0.05) is 37.1 Å². The molecule has 2 aromatic heterocycles. The number of nitrogens with zero attached hydrogens (tertiary/aromatic N) is 4. The van der Waals surface area contributed by atoms with Gasteiger partial charge in [-0.1, -0.05) is 18.2 Å². The molecule has 3 aromatic rings. The molecule has 1 saturated heterocycles. The number of hydrogen-bond acceptors (Lipinski definition) is 7. The lowest BCUT2D eigenvalue weighted by molar-refractivity contribution is -0.140. The predicted octanol–water partition coefficient (Wildman–Crippen LogP) is 4.61. The zero-order valence-corrected chi connectivity index (χ0v) is 20.8. The monoisotopic (exact) mass is 539 g/mol. The lowest BCUT2D eigenvalue weighted by Crippen LogP contribution is -2.38. The van der Waals surface area contributed by atoms with Gasteiger partial charge in [-0.15, -0.1) is 0 Å². The van der Waals surface area contributed by atoms with Crippen molar-refractivity contribution in [2.75, 3.05) is 25.5 Å². The van der Waals surface area contributed by atoms with Gasteiger partial charge in [-0.05, 0) is 54.0 Å². The zero-order chi connectivity index (χ0) is 28.0. The summed E-state index contributed by atoms with van der Waals surface area (Å²) in [5, 5.41) is 12.1. The van der Waals surface area contributed by atoms with E-state index in [0.717, 1.165) is 18.4 Å². The van der Waals surface area contributed by atoms with Crippen molar-refractivity contribution in [2.45, 2.75) is 31.4 Å². The first-order valence-corrected chi connectivity index (χ1v) is 12.0. The highest BCUT2D eigenvalue weighted by molar-refractivity contribution is 5.73. The van der Waals surface area contributed by atoms with Crippen molar-refractivity contribution >= 4 is 23.7 Å². The first kappa shape index (κ1) is 27.4. The van der Waals surface area contributed by atoms with E-state index >= 15 is 0 Å². The highest BCUT2D eigenvalue weighted by Crippen LogP contribution is 2.32. The van der Waals surface area contributed by atoms with Gasteiger partial charge >= 0.3 is 18.2 Å². The van der Waals surface area contributed by atoms with Gasteiger partial charge in [0.15, 0.2) is 0 Å². The fraction of sp³-hybridized carbons (Fsp3) is 0.296. The van der Waals surface area contributed by atoms with E-state index in [2.05, 4.69) is 36.8 Å². The van der Waals surface area contributed by atoms with Gasteiger partial charge in [0.25, 0.3) is 0 Å². The van der Waals surface area contributed by atoms with Crippen molar-refractivity contribution < 1.29 is 32.6 Å². The van der Waals surface area contributed by atoms with E-state index in [0.29, 0.717) is 30.5 Å². The molecule has 0 bridgehead atoms. The van der Waals surface area contributed by atoms with Crippen LogP contribution in [0.25, 0.3) is 0 Å². The van der Waals surface area contributed by atoms with Crippen molar-refractivity contribution in [3.63, 3.8) is 0 Å². The second-order valence-electron chi connectivity index (χ2n) is 8.78. The van der Waals surface area contributed by atoms with Crippen LogP contribution in [-0.4, -0.2) is 57.2 Å². The largest absolute Gasteiger partial charge is 0.469 e. The Balaban J connectivity index is 1.57. The fourth-order valence-corrected chi connectivity index (χ4v) is 4.18. The number of pyridine rings is 1. The fourth-order valence-electron chi connectivity index (χ4n) is 4.18. The molecule has 0 aliphatic carbocycles. The van der Waals surface area contributed by atoms with Crippen LogP contribution < -0.4 is 5.32 Å². The smallest absolute Gasteiger partial charge is 0.420 e. The summed E-state index contributed by atoms with van der Waals surface area (Å²) in [7, 11) is 1.23. The molecule has 1 aromatic carbocycles. The molecule has 0 radical (unpaired) electrons.